The third-order valence-corrected chi connectivity index (χ3v) is 8.15. The average molecular weight is 458 g/mol. The molecule has 0 fully saturated rings. The van der Waals surface area contributed by atoms with Gasteiger partial charge in [0.15, 0.2) is 14.7 Å². The average Bonchev–Trinajstić information content (AvgIpc) is 2.65. The van der Waals surface area contributed by atoms with Gasteiger partial charge >= 0.3 is 5.97 Å². The zero-order chi connectivity index (χ0) is 19.0. The molecular formula is C22H18BrO2S2+. The molecule has 0 aliphatic carbocycles. The van der Waals surface area contributed by atoms with Crippen LogP contribution >= 0.6 is 27.7 Å². The SMILES string of the molecule is CC(C)(Br)C(=O)Oc1cccc([S+]2c3ccccc3Sc3ccccc32)c1. The molecule has 0 saturated heterocycles. The normalized spacial score (nSPS) is 13.6. The van der Waals surface area contributed by atoms with E-state index < -0.39 is 4.32 Å². The lowest BCUT2D eigenvalue weighted by Gasteiger charge is -2.19. The maximum atomic E-state index is 12.2. The number of carbonyl (C=O) groups excluding carboxylic acids is 1. The Kier molecular flexibility index (Phi) is 5.10. The molecule has 0 unspecified atom stereocenters. The highest BCUT2D eigenvalue weighted by Gasteiger charge is 2.38. The molecule has 0 radical (unpaired) electrons. The van der Waals surface area contributed by atoms with Gasteiger partial charge in [-0.2, -0.15) is 0 Å². The van der Waals surface area contributed by atoms with E-state index in [2.05, 4.69) is 70.5 Å². The van der Waals surface area contributed by atoms with Crippen molar-refractivity contribution in [2.45, 2.75) is 42.6 Å². The molecule has 0 aromatic heterocycles. The van der Waals surface area contributed by atoms with Gasteiger partial charge in [0.25, 0.3) is 0 Å². The highest BCUT2D eigenvalue weighted by Crippen LogP contribution is 2.48. The van der Waals surface area contributed by atoms with E-state index in [0.717, 1.165) is 4.90 Å². The Hall–Kier alpha value is -1.69. The van der Waals surface area contributed by atoms with E-state index in [0.29, 0.717) is 5.75 Å². The van der Waals surface area contributed by atoms with Crippen molar-refractivity contribution >= 4 is 44.6 Å². The largest absolute Gasteiger partial charge is 0.425 e. The minimum atomic E-state index is -0.716. The third-order valence-electron chi connectivity index (χ3n) is 4.10. The molecule has 3 aromatic rings. The molecule has 136 valence electrons. The maximum absolute atomic E-state index is 12.2. The molecular weight excluding hydrogens is 440 g/mol. The summed E-state index contributed by atoms with van der Waals surface area (Å²) in [6, 6.07) is 25.0. The minimum absolute atomic E-state index is 0.228. The molecule has 0 spiro atoms. The number of benzene rings is 3. The Bertz CT molecular complexity index is 965. The monoisotopic (exact) mass is 457 g/mol. The van der Waals surface area contributed by atoms with Crippen LogP contribution < -0.4 is 4.74 Å². The lowest BCUT2D eigenvalue weighted by atomic mass is 10.2. The minimum Gasteiger partial charge on any atom is -0.425 e. The Morgan fingerprint density at radius 1 is 0.926 bits per heavy atom. The fourth-order valence-corrected chi connectivity index (χ4v) is 6.65. The van der Waals surface area contributed by atoms with Crippen LogP contribution in [0.25, 0.3) is 0 Å². The lowest BCUT2D eigenvalue weighted by molar-refractivity contribution is -0.136. The molecule has 0 N–H and O–H groups in total. The maximum Gasteiger partial charge on any atom is 0.327 e. The lowest BCUT2D eigenvalue weighted by Crippen LogP contribution is -2.29. The van der Waals surface area contributed by atoms with Gasteiger partial charge < -0.3 is 4.74 Å². The molecule has 4 rings (SSSR count). The van der Waals surface area contributed by atoms with Crippen LogP contribution in [0.2, 0.25) is 0 Å². The fraction of sp³-hybridized carbons (Fsp3) is 0.136. The van der Waals surface area contributed by atoms with Crippen molar-refractivity contribution in [1.29, 1.82) is 0 Å². The molecule has 1 aliphatic rings. The zero-order valence-electron chi connectivity index (χ0n) is 14.9. The predicted octanol–water partition coefficient (Wildman–Crippen LogP) is 6.33. The number of fused-ring (bicyclic) bond motifs is 2. The van der Waals surface area contributed by atoms with Crippen molar-refractivity contribution in [2.75, 3.05) is 0 Å². The molecule has 2 nitrogen and oxygen atoms in total. The number of esters is 1. The van der Waals surface area contributed by atoms with Gasteiger partial charge in [0, 0.05) is 6.07 Å². The van der Waals surface area contributed by atoms with Gasteiger partial charge in [0.05, 0.1) is 9.79 Å². The van der Waals surface area contributed by atoms with Gasteiger partial charge in [-0.1, -0.05) is 58.0 Å². The number of rotatable bonds is 3. The van der Waals surface area contributed by atoms with E-state index in [1.165, 1.54) is 19.6 Å². The summed E-state index contributed by atoms with van der Waals surface area (Å²) < 4.78 is 4.88. The van der Waals surface area contributed by atoms with Crippen molar-refractivity contribution in [2.24, 2.45) is 0 Å². The summed E-state index contributed by atoms with van der Waals surface area (Å²) in [5.41, 5.74) is 0. The van der Waals surface area contributed by atoms with Crippen LogP contribution in [-0.2, 0) is 15.7 Å². The molecule has 1 heterocycles. The number of ether oxygens (including phenoxy) is 1. The second-order valence-corrected chi connectivity index (χ2v) is 11.7. The molecule has 0 atom stereocenters. The van der Waals surface area contributed by atoms with Gasteiger partial charge in [-0.05, 0) is 50.2 Å². The quantitative estimate of drug-likeness (QED) is 0.155. The van der Waals surface area contributed by atoms with Crippen molar-refractivity contribution in [3.8, 4) is 5.75 Å². The van der Waals surface area contributed by atoms with Gasteiger partial charge in [-0.25, -0.2) is 0 Å². The Labute approximate surface area is 174 Å². The Morgan fingerprint density at radius 2 is 1.52 bits per heavy atom. The second kappa shape index (κ2) is 7.38. The number of halogens is 1. The van der Waals surface area contributed by atoms with Crippen molar-refractivity contribution in [3.05, 3.63) is 72.8 Å². The Balaban J connectivity index is 1.78. The predicted molar refractivity (Wildman–Crippen MR) is 114 cm³/mol. The molecule has 0 bridgehead atoms. The smallest absolute Gasteiger partial charge is 0.327 e. The zero-order valence-corrected chi connectivity index (χ0v) is 18.2. The van der Waals surface area contributed by atoms with Crippen molar-refractivity contribution < 1.29 is 9.53 Å². The van der Waals surface area contributed by atoms with Crippen LogP contribution in [0.4, 0.5) is 0 Å². The third kappa shape index (κ3) is 3.82. The van der Waals surface area contributed by atoms with Gasteiger partial charge in [0.1, 0.15) is 21.0 Å². The van der Waals surface area contributed by atoms with E-state index in [1.807, 2.05) is 30.0 Å². The molecule has 5 heteroatoms. The molecule has 27 heavy (non-hydrogen) atoms. The first kappa shape index (κ1) is 18.7. The Morgan fingerprint density at radius 3 is 2.11 bits per heavy atom. The van der Waals surface area contributed by atoms with Crippen LogP contribution in [-0.4, -0.2) is 10.3 Å². The van der Waals surface area contributed by atoms with Gasteiger partial charge in [-0.15, -0.1) is 0 Å². The number of alkyl halides is 1. The van der Waals surface area contributed by atoms with E-state index >= 15 is 0 Å². The van der Waals surface area contributed by atoms with E-state index in [1.54, 1.807) is 13.8 Å². The van der Waals surface area contributed by atoms with Crippen LogP contribution in [0.5, 0.6) is 5.75 Å². The van der Waals surface area contributed by atoms with Crippen LogP contribution in [0.3, 0.4) is 0 Å². The molecule has 0 saturated carbocycles. The number of hydrogen-bond donors (Lipinski definition) is 0. The van der Waals surface area contributed by atoms with Crippen molar-refractivity contribution in [1.82, 2.24) is 0 Å². The van der Waals surface area contributed by atoms with Crippen LogP contribution in [0.1, 0.15) is 13.8 Å². The molecule has 3 aromatic carbocycles. The summed E-state index contributed by atoms with van der Waals surface area (Å²) in [6.45, 7) is 3.57. The van der Waals surface area contributed by atoms with Crippen molar-refractivity contribution in [3.63, 3.8) is 0 Å². The van der Waals surface area contributed by atoms with E-state index in [4.69, 9.17) is 4.74 Å². The summed E-state index contributed by atoms with van der Waals surface area (Å²) in [5.74, 6) is 0.272. The summed E-state index contributed by atoms with van der Waals surface area (Å²) in [4.78, 5) is 18.6. The van der Waals surface area contributed by atoms with Crippen LogP contribution in [0.15, 0.2) is 97.3 Å². The summed E-state index contributed by atoms with van der Waals surface area (Å²) in [7, 11) is -0.228. The second-order valence-electron chi connectivity index (χ2n) is 6.64. The highest BCUT2D eigenvalue weighted by molar-refractivity contribution is 9.10. The summed E-state index contributed by atoms with van der Waals surface area (Å²) in [5, 5.41) is 0. The van der Waals surface area contributed by atoms with E-state index in [9.17, 15) is 4.79 Å². The first-order valence-corrected chi connectivity index (χ1v) is 11.4. The fourth-order valence-electron chi connectivity index (χ4n) is 2.79. The number of hydrogen-bond acceptors (Lipinski definition) is 3. The summed E-state index contributed by atoms with van der Waals surface area (Å²) in [6.07, 6.45) is 0. The topological polar surface area (TPSA) is 26.3 Å². The number of carbonyl (C=O) groups is 1. The van der Waals surface area contributed by atoms with Gasteiger partial charge in [0.2, 0.25) is 0 Å². The summed E-state index contributed by atoms with van der Waals surface area (Å²) >= 11 is 5.18. The molecule has 0 amide bonds. The molecule has 1 aliphatic heterocycles. The van der Waals surface area contributed by atoms with Gasteiger partial charge in [-0.3, -0.25) is 4.79 Å². The first-order chi connectivity index (χ1) is 12.9. The standard InChI is InChI=1S/C22H18BrO2S2/c1-22(2,23)21(24)25-15-8-7-9-16(14-15)27-19-12-5-3-10-17(19)26-18-11-4-6-13-20(18)27/h3-14H,1-2H3/q+1. The van der Waals surface area contributed by atoms with E-state index in [-0.39, 0.29) is 16.9 Å². The van der Waals surface area contributed by atoms with Crippen LogP contribution in [0, 0.1) is 0 Å². The first-order valence-electron chi connectivity index (χ1n) is 8.55. The highest BCUT2D eigenvalue weighted by atomic mass is 79.9.